The van der Waals surface area contributed by atoms with E-state index in [2.05, 4.69) is 108 Å². The van der Waals surface area contributed by atoms with Crippen molar-refractivity contribution in [1.82, 2.24) is 10.2 Å². The number of ether oxygens (including phenoxy) is 3. The Hall–Kier alpha value is -6.29. The van der Waals surface area contributed by atoms with Crippen LogP contribution in [0.15, 0.2) is 170 Å². The number of carbonyl (C=O) groups excluding carboxylic acids is 1. The highest BCUT2D eigenvalue weighted by Crippen LogP contribution is 2.39. The van der Waals surface area contributed by atoms with Crippen LogP contribution in [0.5, 0.6) is 11.5 Å². The van der Waals surface area contributed by atoms with Gasteiger partial charge in [-0.1, -0.05) is 121 Å². The fourth-order valence-electron chi connectivity index (χ4n) is 7.52. The lowest BCUT2D eigenvalue weighted by atomic mass is 9.98. The number of para-hydroxylation sites is 1. The topological polar surface area (TPSA) is 92.3 Å². The van der Waals surface area contributed by atoms with E-state index >= 15 is 0 Å². The Kier molecular flexibility index (Phi) is 12.4. The molecule has 0 aliphatic carbocycles. The lowest BCUT2D eigenvalue weighted by Crippen LogP contribution is -2.38. The van der Waals surface area contributed by atoms with Gasteiger partial charge in [-0.05, 0) is 107 Å². The first-order valence-corrected chi connectivity index (χ1v) is 20.1. The van der Waals surface area contributed by atoms with Crippen LogP contribution in [0.1, 0.15) is 59.6 Å². The number of hydrogen-bond acceptors (Lipinski definition) is 6. The Labute approximate surface area is 346 Å². The molecule has 8 nitrogen and oxygen atoms in total. The molecule has 0 aromatic heterocycles. The van der Waals surface area contributed by atoms with E-state index in [-0.39, 0.29) is 30.9 Å². The maximum absolute atomic E-state index is 12.8. The molecule has 8 rings (SSSR count). The molecular weight excluding hydrogens is 735 g/mol. The van der Waals surface area contributed by atoms with Crippen molar-refractivity contribution in [2.75, 3.05) is 18.9 Å². The molecule has 298 valence electrons. The molecule has 0 unspecified atom stereocenters. The highest BCUT2D eigenvalue weighted by molar-refractivity contribution is 5.89. The molecule has 0 spiro atoms. The van der Waals surface area contributed by atoms with E-state index in [9.17, 15) is 9.90 Å². The van der Waals surface area contributed by atoms with E-state index in [1.165, 1.54) is 16.3 Å². The van der Waals surface area contributed by atoms with Crippen molar-refractivity contribution in [3.63, 3.8) is 0 Å². The number of anilines is 1. The minimum absolute atomic E-state index is 0.000326. The number of nitrogens with one attached hydrogen (secondary N) is 2. The van der Waals surface area contributed by atoms with Gasteiger partial charge < -0.3 is 30.0 Å². The second-order valence-electron chi connectivity index (χ2n) is 15.1. The summed E-state index contributed by atoms with van der Waals surface area (Å²) < 4.78 is 19.3. The minimum Gasteiger partial charge on any atom is -0.457 e. The number of likely N-dealkylation sites (N-methyl/N-ethyl adjacent to an activating group) is 1. The van der Waals surface area contributed by atoms with Crippen LogP contribution in [0.25, 0.3) is 21.9 Å². The number of aliphatic hydroxyl groups is 1. The third-order valence-corrected chi connectivity index (χ3v) is 11.0. The zero-order valence-electron chi connectivity index (χ0n) is 33.3. The van der Waals surface area contributed by atoms with E-state index in [4.69, 9.17) is 14.2 Å². The highest BCUT2D eigenvalue weighted by Gasteiger charge is 2.33. The Balaban J connectivity index is 0.910. The Morgan fingerprint density at radius 2 is 1.42 bits per heavy atom. The van der Waals surface area contributed by atoms with Crippen molar-refractivity contribution in [1.29, 1.82) is 0 Å². The number of urea groups is 1. The number of aliphatic hydroxyl groups excluding tert-OH is 1. The standard InChI is InChI=1S/C51H49N3O5/c1-35(42-24-21-38-10-6-7-11-44(38)30-42)54(2)33-48-31-49(40-17-15-36(34-55)16-18-40)59-50(58-48)41-22-19-39(20-23-41)43-12-8-9-37(29-43)32-52-51(56)53-45-25-27-47(28-26-45)57-46-13-4-3-5-14-46/h3-30,35,48-50,55H,31-34H2,1-2H3,(H2,52,53,56)/t35-,48+,49-,50-/m1/s1. The number of rotatable bonds is 13. The molecule has 7 aromatic carbocycles. The zero-order valence-corrected chi connectivity index (χ0v) is 33.3. The summed E-state index contributed by atoms with van der Waals surface area (Å²) in [6, 6.07) is 56.4. The van der Waals surface area contributed by atoms with E-state index in [1.807, 2.05) is 91.0 Å². The van der Waals surface area contributed by atoms with Gasteiger partial charge in [0, 0.05) is 36.8 Å². The zero-order chi connectivity index (χ0) is 40.6. The normalized spacial score (nSPS) is 17.1. The maximum Gasteiger partial charge on any atom is 0.319 e. The van der Waals surface area contributed by atoms with Gasteiger partial charge in [-0.25, -0.2) is 4.79 Å². The van der Waals surface area contributed by atoms with Crippen LogP contribution in [-0.2, 0) is 22.6 Å². The average Bonchev–Trinajstić information content (AvgIpc) is 3.29. The molecule has 1 saturated heterocycles. The van der Waals surface area contributed by atoms with E-state index in [0.29, 0.717) is 24.4 Å². The highest BCUT2D eigenvalue weighted by atomic mass is 16.7. The molecule has 1 fully saturated rings. The van der Waals surface area contributed by atoms with E-state index < -0.39 is 6.29 Å². The predicted octanol–water partition coefficient (Wildman–Crippen LogP) is 11.4. The van der Waals surface area contributed by atoms with Gasteiger partial charge in [0.2, 0.25) is 0 Å². The average molecular weight is 784 g/mol. The van der Waals surface area contributed by atoms with E-state index in [0.717, 1.165) is 45.7 Å². The largest absolute Gasteiger partial charge is 0.457 e. The first-order chi connectivity index (χ1) is 28.9. The predicted molar refractivity (Wildman–Crippen MR) is 234 cm³/mol. The lowest BCUT2D eigenvalue weighted by Gasteiger charge is -2.39. The first kappa shape index (κ1) is 39.5. The van der Waals surface area contributed by atoms with Crippen molar-refractivity contribution in [2.24, 2.45) is 0 Å². The van der Waals surface area contributed by atoms with Gasteiger partial charge >= 0.3 is 6.03 Å². The summed E-state index contributed by atoms with van der Waals surface area (Å²) >= 11 is 0. The fourth-order valence-corrected chi connectivity index (χ4v) is 7.52. The quantitative estimate of drug-likeness (QED) is 0.108. The molecule has 0 bridgehead atoms. The Bertz CT molecular complexity index is 2460. The van der Waals surface area contributed by atoms with Gasteiger partial charge in [-0.15, -0.1) is 0 Å². The van der Waals surface area contributed by atoms with Gasteiger partial charge in [-0.2, -0.15) is 0 Å². The molecule has 1 aliphatic rings. The van der Waals surface area contributed by atoms with Gasteiger partial charge in [-0.3, -0.25) is 4.90 Å². The summed E-state index contributed by atoms with van der Waals surface area (Å²) in [4.78, 5) is 15.1. The Morgan fingerprint density at radius 1 is 0.712 bits per heavy atom. The van der Waals surface area contributed by atoms with Crippen LogP contribution in [0, 0.1) is 0 Å². The summed E-state index contributed by atoms with van der Waals surface area (Å²) in [6.45, 7) is 3.34. The summed E-state index contributed by atoms with van der Waals surface area (Å²) in [6.07, 6.45) is -0.115. The molecule has 8 heteroatoms. The van der Waals surface area contributed by atoms with Crippen molar-refractivity contribution >= 4 is 22.5 Å². The number of hydrogen-bond donors (Lipinski definition) is 3. The van der Waals surface area contributed by atoms with Crippen LogP contribution in [0.4, 0.5) is 10.5 Å². The van der Waals surface area contributed by atoms with Crippen molar-refractivity contribution in [3.05, 3.63) is 198 Å². The number of amides is 2. The smallest absolute Gasteiger partial charge is 0.319 e. The van der Waals surface area contributed by atoms with Crippen LogP contribution in [-0.4, -0.2) is 35.7 Å². The molecular formula is C51H49N3O5. The Morgan fingerprint density at radius 3 is 2.19 bits per heavy atom. The maximum atomic E-state index is 12.8. The third kappa shape index (κ3) is 10.1. The van der Waals surface area contributed by atoms with Crippen molar-refractivity contribution in [2.45, 2.75) is 51.0 Å². The summed E-state index contributed by atoms with van der Waals surface area (Å²) in [5.41, 5.74) is 7.87. The van der Waals surface area contributed by atoms with Gasteiger partial charge in [0.1, 0.15) is 11.5 Å². The second-order valence-corrected chi connectivity index (χ2v) is 15.1. The number of benzene rings is 7. The second kappa shape index (κ2) is 18.5. The SMILES string of the molecule is C[C@H](c1ccc2ccccc2c1)N(C)C[C@@H]1C[C@H](c2ccc(CO)cc2)O[C@H](c2ccc(-c3cccc(CNC(=O)Nc4ccc(Oc5ccccc5)cc4)c3)cc2)O1. The number of carbonyl (C=O) groups is 1. The summed E-state index contributed by atoms with van der Waals surface area (Å²) in [7, 11) is 2.16. The van der Waals surface area contributed by atoms with E-state index in [1.54, 1.807) is 0 Å². The molecule has 3 N–H and O–H groups in total. The van der Waals surface area contributed by atoms with Crippen molar-refractivity contribution < 1.29 is 24.1 Å². The minimum atomic E-state index is -0.559. The number of fused-ring (bicyclic) bond motifs is 1. The molecule has 1 heterocycles. The molecule has 0 saturated carbocycles. The first-order valence-electron chi connectivity index (χ1n) is 20.1. The molecule has 59 heavy (non-hydrogen) atoms. The van der Waals surface area contributed by atoms with Crippen LogP contribution >= 0.6 is 0 Å². The van der Waals surface area contributed by atoms with Gasteiger partial charge in [0.15, 0.2) is 6.29 Å². The summed E-state index contributed by atoms with van der Waals surface area (Å²) in [5, 5.41) is 18.0. The molecule has 7 aromatic rings. The lowest BCUT2D eigenvalue weighted by molar-refractivity contribution is -0.253. The molecule has 2 amide bonds. The number of nitrogens with zero attached hydrogens (tertiary/aromatic N) is 1. The van der Waals surface area contributed by atoms with Crippen LogP contribution < -0.4 is 15.4 Å². The monoisotopic (exact) mass is 783 g/mol. The molecule has 0 radical (unpaired) electrons. The van der Waals surface area contributed by atoms with Crippen LogP contribution in [0.3, 0.4) is 0 Å². The molecule has 4 atom stereocenters. The van der Waals surface area contributed by atoms with Gasteiger partial charge in [0.25, 0.3) is 0 Å². The summed E-state index contributed by atoms with van der Waals surface area (Å²) in [5.74, 6) is 1.44. The van der Waals surface area contributed by atoms with Crippen LogP contribution in [0.2, 0.25) is 0 Å². The van der Waals surface area contributed by atoms with Crippen molar-refractivity contribution in [3.8, 4) is 22.6 Å². The molecule has 1 aliphatic heterocycles. The fraction of sp³-hybridized carbons (Fsp3) is 0.196. The van der Waals surface area contributed by atoms with Gasteiger partial charge in [0.05, 0.1) is 18.8 Å². The third-order valence-electron chi connectivity index (χ3n) is 11.0.